The second-order valence-corrected chi connectivity index (χ2v) is 6.96. The van der Waals surface area contributed by atoms with Gasteiger partial charge < -0.3 is 19.9 Å². The number of piperidine rings is 1. The number of hydrogen-bond acceptors (Lipinski definition) is 4. The number of aryl methyl sites for hydroxylation is 2. The number of benzene rings is 1. The summed E-state index contributed by atoms with van der Waals surface area (Å²) in [5.74, 6) is 0.883. The standard InChI is InChI=1S/C19H27N3O3.ClH/c1-14-5-6-17(15(2)10-14)25-13-19(24)21-8-3-4-16(12-21)22-9-7-20-11-18(22)23;/h5-6,10,16,20H,3-4,7-9,11-13H2,1-2H3;1H. The average molecular weight is 382 g/mol. The van der Waals surface area contributed by atoms with Crippen molar-refractivity contribution in [3.8, 4) is 5.75 Å². The van der Waals surface area contributed by atoms with Crippen molar-refractivity contribution in [3.05, 3.63) is 29.3 Å². The number of likely N-dealkylation sites (tertiary alicyclic amines) is 1. The van der Waals surface area contributed by atoms with E-state index >= 15 is 0 Å². The number of hydrogen-bond donors (Lipinski definition) is 1. The van der Waals surface area contributed by atoms with Gasteiger partial charge in [0.1, 0.15) is 5.75 Å². The van der Waals surface area contributed by atoms with E-state index in [9.17, 15) is 9.59 Å². The molecule has 0 aliphatic carbocycles. The molecule has 0 bridgehead atoms. The Morgan fingerprint density at radius 1 is 1.31 bits per heavy atom. The average Bonchev–Trinajstić information content (AvgIpc) is 2.61. The number of carbonyl (C=O) groups excluding carboxylic acids is 2. The Hall–Kier alpha value is -1.79. The molecule has 0 radical (unpaired) electrons. The highest BCUT2D eigenvalue weighted by Crippen LogP contribution is 2.20. The van der Waals surface area contributed by atoms with Gasteiger partial charge in [-0.1, -0.05) is 17.7 Å². The summed E-state index contributed by atoms with van der Waals surface area (Å²) >= 11 is 0. The summed E-state index contributed by atoms with van der Waals surface area (Å²) in [5, 5.41) is 3.09. The van der Waals surface area contributed by atoms with E-state index in [1.807, 2.05) is 41.8 Å². The molecule has 1 unspecified atom stereocenters. The molecule has 1 aromatic rings. The minimum absolute atomic E-state index is 0. The van der Waals surface area contributed by atoms with Crippen molar-refractivity contribution in [3.63, 3.8) is 0 Å². The number of ether oxygens (including phenoxy) is 1. The van der Waals surface area contributed by atoms with Crippen LogP contribution in [0.5, 0.6) is 5.75 Å². The van der Waals surface area contributed by atoms with Crippen molar-refractivity contribution in [1.29, 1.82) is 0 Å². The molecule has 2 saturated heterocycles. The molecule has 2 aliphatic heterocycles. The van der Waals surface area contributed by atoms with Crippen LogP contribution in [0.2, 0.25) is 0 Å². The first-order valence-electron chi connectivity index (χ1n) is 9.02. The molecule has 0 spiro atoms. The summed E-state index contributed by atoms with van der Waals surface area (Å²) in [6, 6.07) is 6.08. The molecule has 144 valence electrons. The molecule has 7 heteroatoms. The third-order valence-electron chi connectivity index (χ3n) is 5.00. The minimum atomic E-state index is -0.00717. The Bertz CT molecular complexity index is 653. The van der Waals surface area contributed by atoms with Gasteiger partial charge in [-0.2, -0.15) is 0 Å². The van der Waals surface area contributed by atoms with E-state index in [0.29, 0.717) is 13.1 Å². The zero-order valence-electron chi connectivity index (χ0n) is 15.5. The molecule has 2 fully saturated rings. The number of amides is 2. The topological polar surface area (TPSA) is 61.9 Å². The van der Waals surface area contributed by atoms with Crippen molar-refractivity contribution < 1.29 is 14.3 Å². The highest BCUT2D eigenvalue weighted by atomic mass is 35.5. The van der Waals surface area contributed by atoms with E-state index in [0.717, 1.165) is 43.8 Å². The van der Waals surface area contributed by atoms with Crippen LogP contribution in [-0.2, 0) is 9.59 Å². The van der Waals surface area contributed by atoms with Gasteiger partial charge >= 0.3 is 0 Å². The number of nitrogens with zero attached hydrogens (tertiary/aromatic N) is 2. The van der Waals surface area contributed by atoms with E-state index in [-0.39, 0.29) is 36.9 Å². The summed E-state index contributed by atoms with van der Waals surface area (Å²) in [7, 11) is 0. The fourth-order valence-corrected chi connectivity index (χ4v) is 3.63. The van der Waals surface area contributed by atoms with Crippen LogP contribution in [0.3, 0.4) is 0 Å². The first-order valence-corrected chi connectivity index (χ1v) is 9.02. The Morgan fingerprint density at radius 3 is 2.85 bits per heavy atom. The molecule has 1 aromatic carbocycles. The lowest BCUT2D eigenvalue weighted by molar-refractivity contribution is -0.141. The molecule has 26 heavy (non-hydrogen) atoms. The summed E-state index contributed by atoms with van der Waals surface area (Å²) in [4.78, 5) is 28.4. The summed E-state index contributed by atoms with van der Waals surface area (Å²) < 4.78 is 5.73. The van der Waals surface area contributed by atoms with Crippen LogP contribution in [0.4, 0.5) is 0 Å². The van der Waals surface area contributed by atoms with Crippen molar-refractivity contribution in [2.75, 3.05) is 39.3 Å². The lowest BCUT2D eigenvalue weighted by Gasteiger charge is -2.41. The Morgan fingerprint density at radius 2 is 2.12 bits per heavy atom. The second kappa shape index (κ2) is 9.24. The molecule has 2 aliphatic rings. The quantitative estimate of drug-likeness (QED) is 0.859. The zero-order chi connectivity index (χ0) is 17.8. The summed E-state index contributed by atoms with van der Waals surface area (Å²) in [6.07, 6.45) is 1.89. The first-order chi connectivity index (χ1) is 12.0. The van der Waals surface area contributed by atoms with E-state index in [1.165, 1.54) is 5.56 Å². The van der Waals surface area contributed by atoms with E-state index in [4.69, 9.17) is 4.74 Å². The SMILES string of the molecule is Cc1ccc(OCC(=O)N2CCCC(N3CCNCC3=O)C2)c(C)c1.Cl. The maximum atomic E-state index is 12.5. The van der Waals surface area contributed by atoms with Gasteiger partial charge in [-0.15, -0.1) is 12.4 Å². The van der Waals surface area contributed by atoms with Gasteiger partial charge in [0.15, 0.2) is 6.61 Å². The highest BCUT2D eigenvalue weighted by molar-refractivity contribution is 5.85. The number of carbonyl (C=O) groups is 2. The van der Waals surface area contributed by atoms with E-state index in [1.54, 1.807) is 0 Å². The molecular weight excluding hydrogens is 354 g/mol. The zero-order valence-corrected chi connectivity index (χ0v) is 16.3. The van der Waals surface area contributed by atoms with Gasteiger partial charge in [0.2, 0.25) is 5.91 Å². The molecule has 6 nitrogen and oxygen atoms in total. The van der Waals surface area contributed by atoms with Gasteiger partial charge in [0.05, 0.1) is 6.54 Å². The van der Waals surface area contributed by atoms with Crippen LogP contribution < -0.4 is 10.1 Å². The molecule has 2 amide bonds. The number of piperazine rings is 1. The number of nitrogens with one attached hydrogen (secondary N) is 1. The Labute approximate surface area is 161 Å². The van der Waals surface area contributed by atoms with Crippen molar-refractivity contribution >= 4 is 24.2 Å². The molecule has 0 aromatic heterocycles. The van der Waals surface area contributed by atoms with Gasteiger partial charge in [-0.3, -0.25) is 9.59 Å². The molecule has 3 rings (SSSR count). The summed E-state index contributed by atoms with van der Waals surface area (Å²) in [6.45, 7) is 7.38. The fraction of sp³-hybridized carbons (Fsp3) is 0.579. The van der Waals surface area contributed by atoms with Gasteiger partial charge in [-0.05, 0) is 38.3 Å². The largest absolute Gasteiger partial charge is 0.484 e. The predicted molar refractivity (Wildman–Crippen MR) is 103 cm³/mol. The number of rotatable bonds is 4. The lowest BCUT2D eigenvalue weighted by atomic mass is 10.0. The second-order valence-electron chi connectivity index (χ2n) is 6.96. The summed E-state index contributed by atoms with van der Waals surface area (Å²) in [5.41, 5.74) is 2.21. The number of halogens is 1. The van der Waals surface area contributed by atoms with Gasteiger partial charge in [0, 0.05) is 32.2 Å². The van der Waals surface area contributed by atoms with Crippen LogP contribution in [0, 0.1) is 13.8 Å². The Balaban J connectivity index is 0.00000243. The normalized spacial score (nSPS) is 20.5. The molecule has 1 N–H and O–H groups in total. The molecular formula is C19H28ClN3O3. The molecule has 2 heterocycles. The highest BCUT2D eigenvalue weighted by Gasteiger charge is 2.31. The first kappa shape index (κ1) is 20.5. The van der Waals surface area contributed by atoms with Crippen LogP contribution in [0.15, 0.2) is 18.2 Å². The maximum absolute atomic E-state index is 12.5. The van der Waals surface area contributed by atoms with Crippen LogP contribution >= 0.6 is 12.4 Å². The van der Waals surface area contributed by atoms with Crippen molar-refractivity contribution in [2.24, 2.45) is 0 Å². The fourth-order valence-electron chi connectivity index (χ4n) is 3.63. The molecule has 1 atom stereocenters. The predicted octanol–water partition coefficient (Wildman–Crippen LogP) is 1.53. The van der Waals surface area contributed by atoms with Crippen LogP contribution in [0.25, 0.3) is 0 Å². The minimum Gasteiger partial charge on any atom is -0.484 e. The van der Waals surface area contributed by atoms with Crippen LogP contribution in [-0.4, -0.2) is 67.0 Å². The smallest absolute Gasteiger partial charge is 0.260 e. The monoisotopic (exact) mass is 381 g/mol. The lowest BCUT2D eigenvalue weighted by Crippen LogP contribution is -2.57. The maximum Gasteiger partial charge on any atom is 0.260 e. The van der Waals surface area contributed by atoms with Gasteiger partial charge in [0.25, 0.3) is 5.91 Å². The van der Waals surface area contributed by atoms with E-state index < -0.39 is 0 Å². The van der Waals surface area contributed by atoms with Crippen molar-refractivity contribution in [2.45, 2.75) is 32.7 Å². The van der Waals surface area contributed by atoms with E-state index in [2.05, 4.69) is 5.32 Å². The van der Waals surface area contributed by atoms with Crippen LogP contribution in [0.1, 0.15) is 24.0 Å². The molecule has 0 saturated carbocycles. The van der Waals surface area contributed by atoms with Crippen molar-refractivity contribution in [1.82, 2.24) is 15.1 Å². The third kappa shape index (κ3) is 4.89. The third-order valence-corrected chi connectivity index (χ3v) is 5.00. The van der Waals surface area contributed by atoms with Gasteiger partial charge in [-0.25, -0.2) is 0 Å². The Kier molecular flexibility index (Phi) is 7.29.